The minimum absolute atomic E-state index is 0.0619. The molecule has 1 heterocycles. The van der Waals surface area contributed by atoms with Gasteiger partial charge in [0.15, 0.2) is 5.96 Å². The molecule has 1 atom stereocenters. The minimum Gasteiger partial charge on any atom is -0.370 e. The second kappa shape index (κ2) is 5.53. The van der Waals surface area contributed by atoms with E-state index in [2.05, 4.69) is 22.4 Å². The van der Waals surface area contributed by atoms with E-state index in [1.54, 1.807) is 0 Å². The summed E-state index contributed by atoms with van der Waals surface area (Å²) >= 11 is 0. The summed E-state index contributed by atoms with van der Waals surface area (Å²) in [7, 11) is 0. The van der Waals surface area contributed by atoms with Crippen LogP contribution in [0.5, 0.6) is 0 Å². The van der Waals surface area contributed by atoms with E-state index in [-0.39, 0.29) is 6.04 Å². The van der Waals surface area contributed by atoms with Gasteiger partial charge in [-0.2, -0.15) is 0 Å². The quantitative estimate of drug-likeness (QED) is 0.602. The number of aryl methyl sites for hydroxylation is 2. The molecule has 0 fully saturated rings. The monoisotopic (exact) mass is 224 g/mol. The van der Waals surface area contributed by atoms with Gasteiger partial charge in [-0.1, -0.05) is 12.1 Å². The van der Waals surface area contributed by atoms with Gasteiger partial charge >= 0.3 is 0 Å². The van der Waals surface area contributed by atoms with E-state index in [1.807, 2.05) is 20.8 Å². The van der Waals surface area contributed by atoms with E-state index in [1.165, 1.54) is 0 Å². The molecule has 0 saturated heterocycles. The van der Waals surface area contributed by atoms with E-state index in [0.717, 1.165) is 30.0 Å². The number of hydrogen-bond acceptors (Lipinski definition) is 3. The van der Waals surface area contributed by atoms with Gasteiger partial charge < -0.3 is 15.6 Å². The Morgan fingerprint density at radius 1 is 1.56 bits per heavy atom. The van der Waals surface area contributed by atoms with Crippen LogP contribution in [-0.4, -0.2) is 17.7 Å². The highest BCUT2D eigenvalue weighted by Crippen LogP contribution is 2.20. The van der Waals surface area contributed by atoms with Gasteiger partial charge in [0.1, 0.15) is 5.76 Å². The van der Waals surface area contributed by atoms with Gasteiger partial charge in [-0.15, -0.1) is 0 Å². The summed E-state index contributed by atoms with van der Waals surface area (Å²) in [5.74, 6) is 1.29. The van der Waals surface area contributed by atoms with E-state index in [9.17, 15) is 0 Å². The molecule has 0 aliphatic heterocycles. The Hall–Kier alpha value is -1.52. The van der Waals surface area contributed by atoms with Crippen LogP contribution in [0.25, 0.3) is 0 Å². The summed E-state index contributed by atoms with van der Waals surface area (Å²) in [6.07, 6.45) is 0.988. The molecule has 0 spiro atoms. The van der Waals surface area contributed by atoms with Crippen LogP contribution in [-0.2, 0) is 0 Å². The molecule has 5 heteroatoms. The summed E-state index contributed by atoms with van der Waals surface area (Å²) < 4.78 is 5.11. The third-order valence-electron chi connectivity index (χ3n) is 2.39. The Bertz CT molecular complexity index is 351. The van der Waals surface area contributed by atoms with Crippen molar-refractivity contribution < 1.29 is 4.52 Å². The number of hydrogen-bond donors (Lipinski definition) is 2. The molecule has 90 valence electrons. The molecule has 3 N–H and O–H groups in total. The fraction of sp³-hybridized carbons (Fsp3) is 0.636. The standard InChI is InChI=1S/C11H20N4O/c1-5-6-13-11(12)14-7(2)10-8(3)15-16-9(10)4/h7H,5-6H2,1-4H3,(H3,12,13,14). The maximum atomic E-state index is 5.75. The molecule has 1 aromatic rings. The van der Waals surface area contributed by atoms with Crippen LogP contribution in [0.4, 0.5) is 0 Å². The predicted molar refractivity (Wildman–Crippen MR) is 64.3 cm³/mol. The van der Waals surface area contributed by atoms with Gasteiger partial charge in [0.05, 0.1) is 11.7 Å². The van der Waals surface area contributed by atoms with Gasteiger partial charge in [0.25, 0.3) is 0 Å². The number of nitrogens with zero attached hydrogens (tertiary/aromatic N) is 2. The molecule has 16 heavy (non-hydrogen) atoms. The molecule has 1 aromatic heterocycles. The van der Waals surface area contributed by atoms with Crippen LogP contribution in [0.3, 0.4) is 0 Å². The third kappa shape index (κ3) is 2.98. The van der Waals surface area contributed by atoms with Crippen LogP contribution < -0.4 is 11.1 Å². The van der Waals surface area contributed by atoms with Gasteiger partial charge in [-0.3, -0.25) is 4.99 Å². The third-order valence-corrected chi connectivity index (χ3v) is 2.39. The Morgan fingerprint density at radius 2 is 2.25 bits per heavy atom. The molecule has 0 saturated carbocycles. The topological polar surface area (TPSA) is 76.4 Å². The molecule has 5 nitrogen and oxygen atoms in total. The summed E-state index contributed by atoms with van der Waals surface area (Å²) in [4.78, 5) is 4.18. The second-order valence-electron chi connectivity index (χ2n) is 3.87. The first-order chi connectivity index (χ1) is 7.56. The van der Waals surface area contributed by atoms with Crippen LogP contribution in [0.1, 0.15) is 43.3 Å². The normalized spacial score (nSPS) is 13.9. The Kier molecular flexibility index (Phi) is 4.34. The summed E-state index contributed by atoms with van der Waals surface area (Å²) in [6, 6.07) is 0.0619. The van der Waals surface area contributed by atoms with Gasteiger partial charge in [0.2, 0.25) is 0 Å². The Labute approximate surface area is 96.1 Å². The van der Waals surface area contributed by atoms with Crippen molar-refractivity contribution in [1.82, 2.24) is 10.5 Å². The van der Waals surface area contributed by atoms with Gasteiger partial charge in [-0.05, 0) is 27.2 Å². The number of aliphatic imine (C=N–C) groups is 1. The first-order valence-electron chi connectivity index (χ1n) is 5.55. The fourth-order valence-electron chi connectivity index (χ4n) is 1.68. The van der Waals surface area contributed by atoms with Crippen LogP contribution >= 0.6 is 0 Å². The van der Waals surface area contributed by atoms with Gasteiger partial charge in [0, 0.05) is 12.1 Å². The van der Waals surface area contributed by atoms with Crippen LogP contribution in [0.2, 0.25) is 0 Å². The average Bonchev–Trinajstić information content (AvgIpc) is 2.55. The average molecular weight is 224 g/mol. The molecule has 1 rings (SSSR count). The van der Waals surface area contributed by atoms with E-state index >= 15 is 0 Å². The van der Waals surface area contributed by atoms with E-state index < -0.39 is 0 Å². The second-order valence-corrected chi connectivity index (χ2v) is 3.87. The number of guanidine groups is 1. The van der Waals surface area contributed by atoms with Crippen molar-refractivity contribution in [1.29, 1.82) is 0 Å². The lowest BCUT2D eigenvalue weighted by Crippen LogP contribution is -2.34. The van der Waals surface area contributed by atoms with Crippen LogP contribution in [0.15, 0.2) is 9.52 Å². The zero-order valence-corrected chi connectivity index (χ0v) is 10.4. The number of nitrogens with two attached hydrogens (primary N) is 1. The predicted octanol–water partition coefficient (Wildman–Crippen LogP) is 1.67. The molecule has 1 unspecified atom stereocenters. The first-order valence-corrected chi connectivity index (χ1v) is 5.55. The SMILES string of the molecule is CCCN=C(N)NC(C)c1c(C)noc1C. The Morgan fingerprint density at radius 3 is 2.75 bits per heavy atom. The number of aromatic nitrogens is 1. The number of rotatable bonds is 4. The zero-order valence-electron chi connectivity index (χ0n) is 10.4. The van der Waals surface area contributed by atoms with Crippen molar-refractivity contribution in [2.24, 2.45) is 10.7 Å². The van der Waals surface area contributed by atoms with E-state index in [0.29, 0.717) is 5.96 Å². The maximum absolute atomic E-state index is 5.75. The van der Waals surface area contributed by atoms with Crippen molar-refractivity contribution in [2.45, 2.75) is 40.2 Å². The molecule has 0 amide bonds. The van der Waals surface area contributed by atoms with Crippen molar-refractivity contribution in [3.8, 4) is 0 Å². The minimum atomic E-state index is 0.0619. The smallest absolute Gasteiger partial charge is 0.189 e. The highest BCUT2D eigenvalue weighted by Gasteiger charge is 2.16. The maximum Gasteiger partial charge on any atom is 0.189 e. The Balaban J connectivity index is 2.69. The van der Waals surface area contributed by atoms with E-state index in [4.69, 9.17) is 10.3 Å². The molecular formula is C11H20N4O. The fourth-order valence-corrected chi connectivity index (χ4v) is 1.68. The van der Waals surface area contributed by atoms with Crippen molar-refractivity contribution >= 4 is 5.96 Å². The van der Waals surface area contributed by atoms with Crippen molar-refractivity contribution in [2.75, 3.05) is 6.54 Å². The molecule has 0 bridgehead atoms. The van der Waals surface area contributed by atoms with Gasteiger partial charge in [-0.25, -0.2) is 0 Å². The lowest BCUT2D eigenvalue weighted by Gasteiger charge is -2.14. The zero-order chi connectivity index (χ0) is 12.1. The summed E-state index contributed by atoms with van der Waals surface area (Å²) in [6.45, 7) is 8.64. The first kappa shape index (κ1) is 12.5. The summed E-state index contributed by atoms with van der Waals surface area (Å²) in [5, 5.41) is 7.04. The molecular weight excluding hydrogens is 204 g/mol. The van der Waals surface area contributed by atoms with Crippen LogP contribution in [0, 0.1) is 13.8 Å². The molecule has 0 aromatic carbocycles. The highest BCUT2D eigenvalue weighted by molar-refractivity contribution is 5.78. The molecule has 0 radical (unpaired) electrons. The lowest BCUT2D eigenvalue weighted by atomic mass is 10.1. The van der Waals surface area contributed by atoms with Crippen molar-refractivity contribution in [3.05, 3.63) is 17.0 Å². The largest absolute Gasteiger partial charge is 0.370 e. The van der Waals surface area contributed by atoms with Crippen molar-refractivity contribution in [3.63, 3.8) is 0 Å². The molecule has 0 aliphatic rings. The number of nitrogens with one attached hydrogen (secondary N) is 1. The molecule has 0 aliphatic carbocycles. The highest BCUT2D eigenvalue weighted by atomic mass is 16.5. The summed E-state index contributed by atoms with van der Waals surface area (Å²) in [5.41, 5.74) is 7.70. The lowest BCUT2D eigenvalue weighted by molar-refractivity contribution is 0.391.